The van der Waals surface area contributed by atoms with Crippen molar-refractivity contribution in [3.05, 3.63) is 35.5 Å². The molecule has 0 aromatic carbocycles. The van der Waals surface area contributed by atoms with Gasteiger partial charge in [-0.1, -0.05) is 17.3 Å². The molecule has 1 aromatic rings. The Morgan fingerprint density at radius 1 is 1.53 bits per heavy atom. The van der Waals surface area contributed by atoms with Gasteiger partial charge in [-0.2, -0.15) is 10.2 Å². The summed E-state index contributed by atoms with van der Waals surface area (Å²) in [5.74, 6) is 1.27. The lowest BCUT2D eigenvalue weighted by Gasteiger charge is -2.26. The molecule has 1 unspecified atom stereocenters. The third-order valence-corrected chi connectivity index (χ3v) is 3.33. The Morgan fingerprint density at radius 3 is 2.94 bits per heavy atom. The Kier molecular flexibility index (Phi) is 3.51. The van der Waals surface area contributed by atoms with Crippen molar-refractivity contribution in [3.8, 4) is 6.07 Å². The Labute approximate surface area is 109 Å². The fraction of sp³-hybridized carbons (Fsp3) is 0.364. The van der Waals surface area contributed by atoms with Crippen molar-refractivity contribution < 1.29 is 4.52 Å². The summed E-state index contributed by atoms with van der Waals surface area (Å²) in [6, 6.07) is 2.12. The summed E-state index contributed by atoms with van der Waals surface area (Å²) in [6.07, 6.45) is 5.92. The van der Waals surface area contributed by atoms with E-state index in [-0.39, 0.29) is 11.8 Å². The maximum absolute atomic E-state index is 8.94. The van der Waals surface area contributed by atoms with Gasteiger partial charge in [0.25, 0.3) is 0 Å². The summed E-state index contributed by atoms with van der Waals surface area (Å²) in [5, 5.41) is 12.8. The van der Waals surface area contributed by atoms with Gasteiger partial charge in [-0.3, -0.25) is 0 Å². The number of hydrogen-bond acceptors (Lipinski definition) is 4. The summed E-state index contributed by atoms with van der Waals surface area (Å²) < 4.78 is 4.97. The number of alkyl halides is 2. The third kappa shape index (κ3) is 2.21. The van der Waals surface area contributed by atoms with E-state index in [4.69, 9.17) is 33.0 Å². The van der Waals surface area contributed by atoms with Gasteiger partial charge < -0.3 is 4.52 Å². The van der Waals surface area contributed by atoms with E-state index in [9.17, 15) is 0 Å². The highest BCUT2D eigenvalue weighted by Gasteiger charge is 2.36. The predicted octanol–water partition coefficient (Wildman–Crippen LogP) is 2.69. The lowest BCUT2D eigenvalue weighted by Crippen LogP contribution is -2.29. The minimum absolute atomic E-state index is 0.163. The van der Waals surface area contributed by atoms with Gasteiger partial charge in [0, 0.05) is 11.5 Å². The quantitative estimate of drug-likeness (QED) is 0.792. The van der Waals surface area contributed by atoms with Gasteiger partial charge in [0.05, 0.1) is 11.5 Å². The molecule has 17 heavy (non-hydrogen) atoms. The van der Waals surface area contributed by atoms with Crippen LogP contribution >= 0.6 is 23.2 Å². The van der Waals surface area contributed by atoms with Crippen molar-refractivity contribution in [2.24, 2.45) is 0 Å². The topological polar surface area (TPSA) is 62.7 Å². The predicted molar refractivity (Wildman–Crippen MR) is 63.7 cm³/mol. The largest absolute Gasteiger partial charge is 0.338 e. The molecular formula is C11H9Cl2N3O. The Balaban J connectivity index is 2.36. The van der Waals surface area contributed by atoms with Gasteiger partial charge in [-0.05, 0) is 12.5 Å². The number of nitrogens with zero attached hydrogens (tertiary/aromatic N) is 3. The van der Waals surface area contributed by atoms with Crippen molar-refractivity contribution in [1.29, 1.82) is 5.26 Å². The number of aromatic nitrogens is 2. The summed E-state index contributed by atoms with van der Waals surface area (Å²) in [5.41, 5.74) is 0.0696. The van der Waals surface area contributed by atoms with Crippen LogP contribution in [0.15, 0.2) is 28.3 Å². The number of hydrogen-bond donors (Lipinski definition) is 0. The first-order chi connectivity index (χ1) is 8.24. The minimum atomic E-state index is -0.574. The zero-order chi connectivity index (χ0) is 12.3. The summed E-state index contributed by atoms with van der Waals surface area (Å²) in [4.78, 5) is 4.18. The fourth-order valence-electron chi connectivity index (χ4n) is 1.70. The van der Waals surface area contributed by atoms with Gasteiger partial charge in [-0.15, -0.1) is 23.2 Å². The normalized spacial score (nSPS) is 23.2. The molecule has 0 saturated carbocycles. The average molecular weight is 270 g/mol. The summed E-state index contributed by atoms with van der Waals surface area (Å²) >= 11 is 11.6. The molecular weight excluding hydrogens is 261 g/mol. The van der Waals surface area contributed by atoms with Crippen LogP contribution in [0, 0.1) is 11.3 Å². The molecule has 0 radical (unpaired) electrons. The van der Waals surface area contributed by atoms with Crippen LogP contribution < -0.4 is 0 Å². The molecule has 1 aromatic heterocycles. The molecule has 1 atom stereocenters. The smallest absolute Gasteiger partial charge is 0.241 e. The maximum Gasteiger partial charge on any atom is 0.241 e. The summed E-state index contributed by atoms with van der Waals surface area (Å²) in [6.45, 7) is 0. The van der Waals surface area contributed by atoms with E-state index in [2.05, 4.69) is 16.2 Å². The number of allylic oxidation sites excluding steroid dienone is 4. The van der Waals surface area contributed by atoms with Crippen molar-refractivity contribution in [1.82, 2.24) is 10.1 Å². The Bertz CT molecular complexity index is 515. The Hall–Kier alpha value is -1.31. The van der Waals surface area contributed by atoms with Crippen LogP contribution in [-0.4, -0.2) is 16.0 Å². The van der Waals surface area contributed by atoms with E-state index < -0.39 is 5.41 Å². The molecule has 88 valence electrons. The fourth-order valence-corrected chi connectivity index (χ4v) is 2.11. The Morgan fingerprint density at radius 2 is 2.35 bits per heavy atom. The third-order valence-electron chi connectivity index (χ3n) is 2.63. The van der Waals surface area contributed by atoms with Gasteiger partial charge in [0.15, 0.2) is 5.82 Å². The molecule has 1 aliphatic rings. The van der Waals surface area contributed by atoms with Crippen molar-refractivity contribution in [2.45, 2.75) is 17.7 Å². The SMILES string of the molecule is N#CC1=CC=CC(CCl)(c2noc(CCl)n2)C1. The molecule has 6 heteroatoms. The highest BCUT2D eigenvalue weighted by molar-refractivity contribution is 6.19. The minimum Gasteiger partial charge on any atom is -0.338 e. The van der Waals surface area contributed by atoms with Crippen LogP contribution in [0.2, 0.25) is 0 Å². The molecule has 0 aliphatic heterocycles. The number of halogens is 2. The highest BCUT2D eigenvalue weighted by atomic mass is 35.5. The van der Waals surface area contributed by atoms with Crippen molar-refractivity contribution in [2.75, 3.05) is 5.88 Å². The van der Waals surface area contributed by atoms with E-state index in [0.29, 0.717) is 23.7 Å². The van der Waals surface area contributed by atoms with Gasteiger partial charge in [0.1, 0.15) is 5.88 Å². The second-order valence-electron chi connectivity index (χ2n) is 3.77. The van der Waals surface area contributed by atoms with Crippen LogP contribution in [0.25, 0.3) is 0 Å². The molecule has 0 fully saturated rings. The first kappa shape index (κ1) is 12.2. The number of nitriles is 1. The van der Waals surface area contributed by atoms with Gasteiger partial charge in [0.2, 0.25) is 5.89 Å². The van der Waals surface area contributed by atoms with E-state index >= 15 is 0 Å². The van der Waals surface area contributed by atoms with Crippen LogP contribution in [0.5, 0.6) is 0 Å². The number of rotatable bonds is 3. The lowest BCUT2D eigenvalue weighted by atomic mass is 9.79. The molecule has 4 nitrogen and oxygen atoms in total. The zero-order valence-electron chi connectivity index (χ0n) is 8.86. The van der Waals surface area contributed by atoms with Crippen LogP contribution in [-0.2, 0) is 11.3 Å². The van der Waals surface area contributed by atoms with Crippen LogP contribution in [0.1, 0.15) is 18.1 Å². The second-order valence-corrected chi connectivity index (χ2v) is 4.31. The van der Waals surface area contributed by atoms with Crippen LogP contribution in [0.3, 0.4) is 0 Å². The molecule has 0 amide bonds. The first-order valence-electron chi connectivity index (χ1n) is 4.97. The van der Waals surface area contributed by atoms with Gasteiger partial charge in [-0.25, -0.2) is 0 Å². The van der Waals surface area contributed by atoms with Crippen molar-refractivity contribution in [3.63, 3.8) is 0 Å². The molecule has 0 bridgehead atoms. The van der Waals surface area contributed by atoms with E-state index in [1.807, 2.05) is 6.08 Å². The summed E-state index contributed by atoms with van der Waals surface area (Å²) in [7, 11) is 0. The maximum atomic E-state index is 8.94. The molecule has 0 spiro atoms. The molecule has 0 saturated heterocycles. The van der Waals surface area contributed by atoms with E-state index in [1.165, 1.54) is 0 Å². The van der Waals surface area contributed by atoms with E-state index in [1.54, 1.807) is 12.2 Å². The molecule has 1 heterocycles. The molecule has 0 N–H and O–H groups in total. The standard InChI is InChI=1S/C11H9Cl2N3O/c12-5-9-15-10(16-17-9)11(7-13)3-1-2-8(4-11)6-14/h1-3H,4-5,7H2. The van der Waals surface area contributed by atoms with E-state index in [0.717, 1.165) is 0 Å². The molecule has 2 rings (SSSR count). The van der Waals surface area contributed by atoms with Crippen LogP contribution in [0.4, 0.5) is 0 Å². The molecule has 1 aliphatic carbocycles. The lowest BCUT2D eigenvalue weighted by molar-refractivity contribution is 0.373. The zero-order valence-corrected chi connectivity index (χ0v) is 10.4. The highest BCUT2D eigenvalue weighted by Crippen LogP contribution is 2.35. The second kappa shape index (κ2) is 4.91. The van der Waals surface area contributed by atoms with Gasteiger partial charge >= 0.3 is 0 Å². The average Bonchev–Trinajstić information content (AvgIpc) is 2.88. The monoisotopic (exact) mass is 269 g/mol. The first-order valence-corrected chi connectivity index (χ1v) is 6.04. The van der Waals surface area contributed by atoms with Crippen molar-refractivity contribution >= 4 is 23.2 Å².